The van der Waals surface area contributed by atoms with E-state index in [-0.39, 0.29) is 31.1 Å². The molecular weight excluding hydrogens is 913 g/mol. The molecule has 0 aliphatic rings. The van der Waals surface area contributed by atoms with Crippen LogP contribution in [0.5, 0.6) is 0 Å². The van der Waals surface area contributed by atoms with Gasteiger partial charge in [-0.1, -0.05) is 257 Å². The fraction of sp³-hybridized carbons (Fsp3) is 0.632. The van der Waals surface area contributed by atoms with Crippen LogP contribution in [0.2, 0.25) is 0 Å². The van der Waals surface area contributed by atoms with Crippen LogP contribution in [-0.4, -0.2) is 37.2 Å². The predicted octanol–water partition coefficient (Wildman–Crippen LogP) is 20.6. The van der Waals surface area contributed by atoms with E-state index in [9.17, 15) is 14.4 Å². The molecule has 0 saturated heterocycles. The van der Waals surface area contributed by atoms with E-state index in [0.717, 1.165) is 161 Å². The number of hydrogen-bond acceptors (Lipinski definition) is 6. The zero-order valence-corrected chi connectivity index (χ0v) is 47.8. The molecule has 6 nitrogen and oxygen atoms in total. The zero-order valence-electron chi connectivity index (χ0n) is 47.8. The van der Waals surface area contributed by atoms with Gasteiger partial charge in [0.25, 0.3) is 0 Å². The average molecular weight is 1020 g/mol. The molecule has 0 aromatic heterocycles. The lowest BCUT2D eigenvalue weighted by Crippen LogP contribution is -2.30. The van der Waals surface area contributed by atoms with E-state index >= 15 is 0 Å². The van der Waals surface area contributed by atoms with Crippen LogP contribution >= 0.6 is 0 Å². The van der Waals surface area contributed by atoms with Crippen LogP contribution in [0.4, 0.5) is 0 Å². The maximum atomic E-state index is 12.8. The SMILES string of the molecule is CC/C=C\C/C=C\C/C=C\C/C=C\C/C=C\C/C=C\C/C=C\C/C=C\CCCCCCCCC(=O)OCC(COC(=O)CCCCCCCCCCCC)OC(=O)CCCCCCC/C=C\C/C=C\C/C=C\CC. The van der Waals surface area contributed by atoms with E-state index in [1.807, 2.05) is 0 Å². The van der Waals surface area contributed by atoms with E-state index in [1.54, 1.807) is 0 Å². The van der Waals surface area contributed by atoms with Gasteiger partial charge in [-0.25, -0.2) is 0 Å². The van der Waals surface area contributed by atoms with Gasteiger partial charge in [0.05, 0.1) is 0 Å². The second-order valence-corrected chi connectivity index (χ2v) is 19.5. The summed E-state index contributed by atoms with van der Waals surface area (Å²) in [6.45, 7) is 6.37. The molecule has 0 aliphatic carbocycles. The summed E-state index contributed by atoms with van der Waals surface area (Å²) in [5.41, 5.74) is 0. The van der Waals surface area contributed by atoms with Gasteiger partial charge in [-0.3, -0.25) is 14.4 Å². The van der Waals surface area contributed by atoms with Crippen LogP contribution in [0.1, 0.15) is 258 Å². The highest BCUT2D eigenvalue weighted by Crippen LogP contribution is 2.14. The van der Waals surface area contributed by atoms with Crippen LogP contribution in [0.3, 0.4) is 0 Å². The fourth-order valence-corrected chi connectivity index (χ4v) is 7.94. The lowest BCUT2D eigenvalue weighted by molar-refractivity contribution is -0.167. The Kier molecular flexibility index (Phi) is 57.4. The van der Waals surface area contributed by atoms with Crippen molar-refractivity contribution in [1.29, 1.82) is 0 Å². The zero-order chi connectivity index (χ0) is 53.6. The Bertz CT molecular complexity index is 1600. The van der Waals surface area contributed by atoms with Gasteiger partial charge < -0.3 is 14.2 Å². The second-order valence-electron chi connectivity index (χ2n) is 19.5. The van der Waals surface area contributed by atoms with Crippen molar-refractivity contribution in [1.82, 2.24) is 0 Å². The molecular formula is C68H110O6. The van der Waals surface area contributed by atoms with Crippen LogP contribution < -0.4 is 0 Å². The Morgan fingerprint density at radius 1 is 0.284 bits per heavy atom. The maximum absolute atomic E-state index is 12.8. The summed E-state index contributed by atoms with van der Waals surface area (Å²) in [6.07, 6.45) is 86.0. The minimum Gasteiger partial charge on any atom is -0.462 e. The monoisotopic (exact) mass is 1020 g/mol. The normalized spacial score (nSPS) is 13.1. The maximum Gasteiger partial charge on any atom is 0.306 e. The molecule has 0 aliphatic heterocycles. The number of unbranched alkanes of at least 4 members (excludes halogenated alkanes) is 20. The number of carbonyl (C=O) groups excluding carboxylic acids is 3. The summed E-state index contributed by atoms with van der Waals surface area (Å²) in [5.74, 6) is -0.928. The largest absolute Gasteiger partial charge is 0.462 e. The van der Waals surface area contributed by atoms with Crippen molar-refractivity contribution < 1.29 is 28.6 Å². The topological polar surface area (TPSA) is 78.9 Å². The highest BCUT2D eigenvalue weighted by molar-refractivity contribution is 5.71. The predicted molar refractivity (Wildman–Crippen MR) is 320 cm³/mol. The summed E-state index contributed by atoms with van der Waals surface area (Å²) >= 11 is 0. The van der Waals surface area contributed by atoms with E-state index in [4.69, 9.17) is 14.2 Å². The second kappa shape index (κ2) is 61.1. The lowest BCUT2D eigenvalue weighted by atomic mass is 10.1. The molecule has 0 N–H and O–H groups in total. The number of carbonyl (C=O) groups is 3. The molecule has 0 rings (SSSR count). The van der Waals surface area contributed by atoms with Crippen molar-refractivity contribution in [3.05, 3.63) is 134 Å². The van der Waals surface area contributed by atoms with E-state index in [2.05, 4.69) is 154 Å². The van der Waals surface area contributed by atoms with Crippen LogP contribution in [-0.2, 0) is 28.6 Å². The number of esters is 3. The first kappa shape index (κ1) is 69.5. The third-order valence-electron chi connectivity index (χ3n) is 12.4. The molecule has 0 spiro atoms. The molecule has 74 heavy (non-hydrogen) atoms. The first-order chi connectivity index (χ1) is 36.5. The van der Waals surface area contributed by atoms with E-state index < -0.39 is 6.10 Å². The van der Waals surface area contributed by atoms with Crippen molar-refractivity contribution in [3.63, 3.8) is 0 Å². The number of rotatable bonds is 53. The van der Waals surface area contributed by atoms with Crippen molar-refractivity contribution in [2.45, 2.75) is 264 Å². The van der Waals surface area contributed by atoms with Crippen molar-refractivity contribution in [3.8, 4) is 0 Å². The molecule has 0 aromatic rings. The van der Waals surface area contributed by atoms with Crippen LogP contribution in [0.15, 0.2) is 134 Å². The highest BCUT2D eigenvalue weighted by Gasteiger charge is 2.19. The Hall–Kier alpha value is -4.45. The molecule has 0 fully saturated rings. The third kappa shape index (κ3) is 58.4. The summed E-state index contributed by atoms with van der Waals surface area (Å²) in [5, 5.41) is 0. The molecule has 0 heterocycles. The van der Waals surface area contributed by atoms with Crippen molar-refractivity contribution in [2.24, 2.45) is 0 Å². The standard InChI is InChI=1S/C68H110O6/c1-4-7-10-13-16-19-22-24-26-27-28-29-30-31-32-33-34-35-36-37-38-39-40-41-43-44-46-49-52-55-58-61-67(70)73-64-65(63-72-66(69)60-57-54-51-48-21-18-15-12-9-6-3)74-68(71)62-59-56-53-50-47-45-42-25-23-20-17-14-11-8-5-2/h7-8,10-11,16-17,19-20,24-26,28-29,31-32,34-35,37-38,40-42,65H,4-6,9,12-15,18,21-23,27,30,33,36,39,43-64H2,1-3H3/b10-7-,11-8-,19-16-,20-17-,26-24-,29-28-,32-31-,35-34-,38-37-,41-40-,42-25-. The minimum absolute atomic E-state index is 0.0915. The molecule has 0 bridgehead atoms. The van der Waals surface area contributed by atoms with Gasteiger partial charge in [0.15, 0.2) is 6.10 Å². The molecule has 6 heteroatoms. The van der Waals surface area contributed by atoms with Crippen LogP contribution in [0, 0.1) is 0 Å². The smallest absolute Gasteiger partial charge is 0.306 e. The number of allylic oxidation sites excluding steroid dienone is 22. The Labute approximate surface area is 455 Å². The van der Waals surface area contributed by atoms with Crippen molar-refractivity contribution in [2.75, 3.05) is 13.2 Å². The van der Waals surface area contributed by atoms with Crippen LogP contribution in [0.25, 0.3) is 0 Å². The van der Waals surface area contributed by atoms with Gasteiger partial charge in [0, 0.05) is 19.3 Å². The molecule has 0 saturated carbocycles. The lowest BCUT2D eigenvalue weighted by Gasteiger charge is -2.18. The Morgan fingerprint density at radius 2 is 0.527 bits per heavy atom. The number of ether oxygens (including phenoxy) is 3. The van der Waals surface area contributed by atoms with E-state index in [0.29, 0.717) is 19.3 Å². The summed E-state index contributed by atoms with van der Waals surface area (Å²) in [4.78, 5) is 38.1. The van der Waals surface area contributed by atoms with Gasteiger partial charge in [0.2, 0.25) is 0 Å². The quantitative estimate of drug-likeness (QED) is 0.0261. The Balaban J connectivity index is 4.29. The number of hydrogen-bond donors (Lipinski definition) is 0. The third-order valence-corrected chi connectivity index (χ3v) is 12.4. The van der Waals surface area contributed by atoms with Gasteiger partial charge in [0.1, 0.15) is 13.2 Å². The fourth-order valence-electron chi connectivity index (χ4n) is 7.94. The molecule has 1 atom stereocenters. The minimum atomic E-state index is -0.795. The molecule has 1 unspecified atom stereocenters. The summed E-state index contributed by atoms with van der Waals surface area (Å²) < 4.78 is 16.8. The van der Waals surface area contributed by atoms with Crippen molar-refractivity contribution >= 4 is 17.9 Å². The molecule has 0 amide bonds. The first-order valence-electron chi connectivity index (χ1n) is 30.2. The average Bonchev–Trinajstić information content (AvgIpc) is 3.40. The molecule has 0 radical (unpaired) electrons. The van der Waals surface area contributed by atoms with Gasteiger partial charge in [-0.2, -0.15) is 0 Å². The highest BCUT2D eigenvalue weighted by atomic mass is 16.6. The van der Waals surface area contributed by atoms with Gasteiger partial charge in [-0.15, -0.1) is 0 Å². The molecule has 418 valence electrons. The van der Waals surface area contributed by atoms with E-state index in [1.165, 1.54) is 57.8 Å². The molecule has 0 aromatic carbocycles. The van der Waals surface area contributed by atoms with Gasteiger partial charge in [-0.05, 0) is 116 Å². The van der Waals surface area contributed by atoms with Gasteiger partial charge >= 0.3 is 17.9 Å². The Morgan fingerprint density at radius 3 is 0.824 bits per heavy atom. The summed E-state index contributed by atoms with van der Waals surface area (Å²) in [6, 6.07) is 0. The first-order valence-corrected chi connectivity index (χ1v) is 30.2. The summed E-state index contributed by atoms with van der Waals surface area (Å²) in [7, 11) is 0.